The fourth-order valence-electron chi connectivity index (χ4n) is 1.50. The summed E-state index contributed by atoms with van der Waals surface area (Å²) in [4.78, 5) is 11.8. The number of sulfone groups is 1. The smallest absolute Gasteiger partial charge is 0.238 e. The van der Waals surface area contributed by atoms with Crippen LogP contribution in [0, 0.1) is 0 Å². The molecule has 0 saturated carbocycles. The van der Waals surface area contributed by atoms with E-state index in [2.05, 4.69) is 5.32 Å². The van der Waals surface area contributed by atoms with Gasteiger partial charge in [-0.2, -0.15) is 0 Å². The van der Waals surface area contributed by atoms with Crippen LogP contribution < -0.4 is 11.1 Å². The number of carbonyl (C=O) groups is 1. The lowest BCUT2D eigenvalue weighted by atomic mass is 10.2. The zero-order valence-electron chi connectivity index (χ0n) is 11.1. The van der Waals surface area contributed by atoms with Crippen molar-refractivity contribution in [3.05, 3.63) is 0 Å². The van der Waals surface area contributed by atoms with Gasteiger partial charge in [0.05, 0.1) is 5.25 Å². The highest BCUT2D eigenvalue weighted by Gasteiger charge is 2.32. The summed E-state index contributed by atoms with van der Waals surface area (Å²) < 4.78 is 23.8. The Kier molecular flexibility index (Phi) is 6.70. The number of hydrogen-bond donors (Lipinski definition) is 2. The van der Waals surface area contributed by atoms with Crippen LogP contribution in [0.1, 0.15) is 40.5 Å². The highest BCUT2D eigenvalue weighted by molar-refractivity contribution is 7.93. The van der Waals surface area contributed by atoms with Gasteiger partial charge in [0.2, 0.25) is 5.91 Å². The Morgan fingerprint density at radius 2 is 1.82 bits per heavy atom. The molecule has 6 heteroatoms. The fraction of sp³-hybridized carbons (Fsp3) is 0.909. The molecule has 3 atom stereocenters. The number of carbonyl (C=O) groups excluding carboxylic acids is 1. The number of rotatable bonds is 7. The van der Waals surface area contributed by atoms with Gasteiger partial charge in [-0.05, 0) is 27.2 Å². The highest BCUT2D eigenvalue weighted by atomic mass is 32.2. The van der Waals surface area contributed by atoms with Gasteiger partial charge in [-0.15, -0.1) is 0 Å². The number of hydrogen-bond acceptors (Lipinski definition) is 4. The van der Waals surface area contributed by atoms with Gasteiger partial charge >= 0.3 is 0 Å². The monoisotopic (exact) mass is 264 g/mol. The van der Waals surface area contributed by atoms with Crippen LogP contribution in [0.5, 0.6) is 0 Å². The summed E-state index contributed by atoms with van der Waals surface area (Å²) in [5.74, 6) is -0.439. The van der Waals surface area contributed by atoms with Crippen molar-refractivity contribution in [2.75, 3.05) is 6.54 Å². The topological polar surface area (TPSA) is 89.3 Å². The van der Waals surface area contributed by atoms with Gasteiger partial charge in [-0.25, -0.2) is 8.42 Å². The summed E-state index contributed by atoms with van der Waals surface area (Å²) in [6, 6.07) is -0.00154. The molecule has 0 fully saturated rings. The van der Waals surface area contributed by atoms with Gasteiger partial charge in [-0.1, -0.05) is 13.3 Å². The first-order valence-corrected chi connectivity index (χ1v) is 7.61. The molecule has 3 unspecified atom stereocenters. The van der Waals surface area contributed by atoms with Crippen LogP contribution in [0.2, 0.25) is 0 Å². The van der Waals surface area contributed by atoms with Crippen molar-refractivity contribution in [2.45, 2.75) is 57.1 Å². The number of amides is 1. The molecule has 1 amide bonds. The maximum absolute atomic E-state index is 11.9. The van der Waals surface area contributed by atoms with Crippen molar-refractivity contribution in [1.82, 2.24) is 5.32 Å². The van der Waals surface area contributed by atoms with Gasteiger partial charge in [0.15, 0.2) is 9.84 Å². The minimum absolute atomic E-state index is 0.00154. The molecule has 0 aliphatic carbocycles. The van der Waals surface area contributed by atoms with E-state index in [1.165, 1.54) is 13.8 Å². The van der Waals surface area contributed by atoms with Gasteiger partial charge in [-0.3, -0.25) is 4.79 Å². The molecule has 0 spiro atoms. The van der Waals surface area contributed by atoms with E-state index in [0.29, 0.717) is 0 Å². The van der Waals surface area contributed by atoms with Crippen molar-refractivity contribution >= 4 is 15.7 Å². The van der Waals surface area contributed by atoms with Crippen LogP contribution >= 0.6 is 0 Å². The van der Waals surface area contributed by atoms with Crippen LogP contribution in [0.25, 0.3) is 0 Å². The van der Waals surface area contributed by atoms with Gasteiger partial charge < -0.3 is 11.1 Å². The first kappa shape index (κ1) is 16.4. The molecule has 102 valence electrons. The molecular weight excluding hydrogens is 240 g/mol. The summed E-state index contributed by atoms with van der Waals surface area (Å²) >= 11 is 0. The molecule has 0 aliphatic rings. The van der Waals surface area contributed by atoms with E-state index >= 15 is 0 Å². The molecule has 0 aromatic carbocycles. The van der Waals surface area contributed by atoms with Crippen molar-refractivity contribution in [2.24, 2.45) is 5.73 Å². The SMILES string of the molecule is CCCC(C)NC(=O)C(C)S(=O)(=O)C(C)CN. The molecule has 0 saturated heterocycles. The first-order valence-electron chi connectivity index (χ1n) is 6.00. The third-order valence-electron chi connectivity index (χ3n) is 2.87. The average molecular weight is 264 g/mol. The minimum atomic E-state index is -3.49. The zero-order valence-corrected chi connectivity index (χ0v) is 11.9. The van der Waals surface area contributed by atoms with Gasteiger partial charge in [0.25, 0.3) is 0 Å². The van der Waals surface area contributed by atoms with Crippen molar-refractivity contribution in [1.29, 1.82) is 0 Å². The Hall–Kier alpha value is -0.620. The minimum Gasteiger partial charge on any atom is -0.353 e. The molecule has 0 rings (SSSR count). The largest absolute Gasteiger partial charge is 0.353 e. The molecule has 0 bridgehead atoms. The molecule has 5 nitrogen and oxygen atoms in total. The van der Waals surface area contributed by atoms with E-state index < -0.39 is 26.2 Å². The highest BCUT2D eigenvalue weighted by Crippen LogP contribution is 2.09. The lowest BCUT2D eigenvalue weighted by molar-refractivity contribution is -0.121. The Labute approximate surface area is 104 Å². The fourth-order valence-corrected chi connectivity index (χ4v) is 2.83. The number of nitrogens with one attached hydrogen (secondary N) is 1. The molecule has 0 radical (unpaired) electrons. The third kappa shape index (κ3) is 4.63. The Morgan fingerprint density at radius 3 is 2.24 bits per heavy atom. The lowest BCUT2D eigenvalue weighted by Crippen LogP contribution is -2.45. The zero-order chi connectivity index (χ0) is 13.6. The quantitative estimate of drug-likeness (QED) is 0.698. The summed E-state index contributed by atoms with van der Waals surface area (Å²) in [7, 11) is -3.49. The van der Waals surface area contributed by atoms with Crippen LogP contribution in [0.15, 0.2) is 0 Å². The van der Waals surface area contributed by atoms with E-state index in [0.717, 1.165) is 12.8 Å². The predicted octanol–water partition coefficient (Wildman–Crippen LogP) is 0.442. The second-order valence-electron chi connectivity index (χ2n) is 4.48. The maximum atomic E-state index is 11.9. The first-order chi connectivity index (χ1) is 7.77. The van der Waals surface area contributed by atoms with Crippen molar-refractivity contribution in [3.8, 4) is 0 Å². The molecule has 0 heterocycles. The second kappa shape index (κ2) is 6.96. The van der Waals surface area contributed by atoms with E-state index in [4.69, 9.17) is 5.73 Å². The standard InChI is InChI=1S/C11H24N2O3S/c1-5-6-8(2)13-11(14)10(4)17(15,16)9(3)7-12/h8-10H,5-7,12H2,1-4H3,(H,13,14). The van der Waals surface area contributed by atoms with Crippen LogP contribution in [-0.2, 0) is 14.6 Å². The van der Waals surface area contributed by atoms with Gasteiger partial charge in [0.1, 0.15) is 5.25 Å². The van der Waals surface area contributed by atoms with Crippen molar-refractivity contribution < 1.29 is 13.2 Å². The van der Waals surface area contributed by atoms with E-state index in [9.17, 15) is 13.2 Å². The predicted molar refractivity (Wildman–Crippen MR) is 69.4 cm³/mol. The van der Waals surface area contributed by atoms with Crippen molar-refractivity contribution in [3.63, 3.8) is 0 Å². The van der Waals surface area contributed by atoms with Crippen LogP contribution in [0.3, 0.4) is 0 Å². The molecule has 0 aliphatic heterocycles. The normalized spacial score (nSPS) is 17.2. The maximum Gasteiger partial charge on any atom is 0.238 e. The molecule has 17 heavy (non-hydrogen) atoms. The van der Waals surface area contributed by atoms with E-state index in [-0.39, 0.29) is 12.6 Å². The summed E-state index contributed by atoms with van der Waals surface area (Å²) in [6.45, 7) is 6.85. The Morgan fingerprint density at radius 1 is 1.29 bits per heavy atom. The average Bonchev–Trinajstić information content (AvgIpc) is 2.26. The molecular formula is C11H24N2O3S. The van der Waals surface area contributed by atoms with E-state index in [1.807, 2.05) is 13.8 Å². The van der Waals surface area contributed by atoms with Gasteiger partial charge in [0, 0.05) is 12.6 Å². The van der Waals surface area contributed by atoms with Crippen LogP contribution in [0.4, 0.5) is 0 Å². The van der Waals surface area contributed by atoms with E-state index in [1.54, 1.807) is 0 Å². The Balaban J connectivity index is 4.60. The summed E-state index contributed by atoms with van der Waals surface area (Å²) in [5.41, 5.74) is 5.33. The second-order valence-corrected chi connectivity index (χ2v) is 7.17. The molecule has 0 aromatic rings. The van der Waals surface area contributed by atoms with Crippen LogP contribution in [-0.4, -0.2) is 37.4 Å². The lowest BCUT2D eigenvalue weighted by Gasteiger charge is -2.19. The molecule has 0 aromatic heterocycles. The molecule has 3 N–H and O–H groups in total. The Bertz CT molecular complexity index is 341. The number of nitrogens with two attached hydrogens (primary N) is 1. The summed E-state index contributed by atoms with van der Waals surface area (Å²) in [6.07, 6.45) is 1.78. The third-order valence-corrected chi connectivity index (χ3v) is 5.38. The summed E-state index contributed by atoms with van der Waals surface area (Å²) in [5, 5.41) is 0.975.